The summed E-state index contributed by atoms with van der Waals surface area (Å²) in [6.07, 6.45) is -0.0521. The van der Waals surface area contributed by atoms with Crippen LogP contribution in [-0.4, -0.2) is 23.5 Å². The molecule has 6 heteroatoms. The lowest BCUT2D eigenvalue weighted by atomic mass is 10.1. The molecule has 0 saturated carbocycles. The number of aliphatic hydroxyl groups excluding tert-OH is 1. The van der Waals surface area contributed by atoms with Gasteiger partial charge in [-0.2, -0.15) is 0 Å². The predicted molar refractivity (Wildman–Crippen MR) is 91.5 cm³/mol. The Kier molecular flexibility index (Phi) is 5.90. The van der Waals surface area contributed by atoms with Crippen LogP contribution in [0, 0.1) is 6.92 Å². The minimum atomic E-state index is -0.810. The Bertz CT molecular complexity index is 697. The first kappa shape index (κ1) is 17.2. The SMILES string of the molecule is CCc1ccccc1NC(=O)C(=O)NCC(O)c1sccc1C. The van der Waals surface area contributed by atoms with Crippen molar-refractivity contribution >= 4 is 28.8 Å². The van der Waals surface area contributed by atoms with Crippen LogP contribution in [0.1, 0.15) is 29.0 Å². The summed E-state index contributed by atoms with van der Waals surface area (Å²) < 4.78 is 0. The fourth-order valence-corrected chi connectivity index (χ4v) is 3.13. The molecule has 122 valence electrons. The molecule has 2 rings (SSSR count). The zero-order valence-corrected chi connectivity index (χ0v) is 13.9. The molecule has 1 atom stereocenters. The van der Waals surface area contributed by atoms with Gasteiger partial charge in [0.05, 0.1) is 0 Å². The molecule has 1 heterocycles. The molecule has 0 spiro atoms. The van der Waals surface area contributed by atoms with Gasteiger partial charge < -0.3 is 15.7 Å². The molecule has 5 nitrogen and oxygen atoms in total. The van der Waals surface area contributed by atoms with E-state index in [1.807, 2.05) is 37.4 Å². The van der Waals surface area contributed by atoms with Gasteiger partial charge in [0.1, 0.15) is 6.10 Å². The number of hydrogen-bond donors (Lipinski definition) is 3. The topological polar surface area (TPSA) is 78.4 Å². The number of rotatable bonds is 5. The van der Waals surface area contributed by atoms with Gasteiger partial charge in [-0.25, -0.2) is 0 Å². The van der Waals surface area contributed by atoms with Gasteiger partial charge in [-0.15, -0.1) is 11.3 Å². The number of carbonyl (C=O) groups is 2. The highest BCUT2D eigenvalue weighted by Gasteiger charge is 2.18. The first-order valence-electron chi connectivity index (χ1n) is 7.42. The number of aliphatic hydroxyl groups is 1. The first-order chi connectivity index (χ1) is 11.0. The Morgan fingerprint density at radius 2 is 1.96 bits per heavy atom. The first-order valence-corrected chi connectivity index (χ1v) is 8.30. The second-order valence-corrected chi connectivity index (χ2v) is 6.11. The Hall–Kier alpha value is -2.18. The lowest BCUT2D eigenvalue weighted by Crippen LogP contribution is -2.37. The maximum atomic E-state index is 11.9. The molecule has 0 radical (unpaired) electrons. The van der Waals surface area contributed by atoms with Crippen molar-refractivity contribution < 1.29 is 14.7 Å². The number of anilines is 1. The van der Waals surface area contributed by atoms with Gasteiger partial charge in [0.2, 0.25) is 0 Å². The van der Waals surface area contributed by atoms with E-state index in [9.17, 15) is 14.7 Å². The maximum Gasteiger partial charge on any atom is 0.313 e. The molecule has 0 aliphatic rings. The van der Waals surface area contributed by atoms with E-state index < -0.39 is 17.9 Å². The van der Waals surface area contributed by atoms with E-state index in [2.05, 4.69) is 10.6 Å². The average Bonchev–Trinajstić information content (AvgIpc) is 2.98. The third kappa shape index (κ3) is 4.40. The van der Waals surface area contributed by atoms with Gasteiger partial charge >= 0.3 is 11.8 Å². The van der Waals surface area contributed by atoms with E-state index in [1.165, 1.54) is 11.3 Å². The van der Waals surface area contributed by atoms with Crippen molar-refractivity contribution in [2.75, 3.05) is 11.9 Å². The quantitative estimate of drug-likeness (QED) is 0.736. The monoisotopic (exact) mass is 332 g/mol. The van der Waals surface area contributed by atoms with Crippen LogP contribution in [0.5, 0.6) is 0 Å². The average molecular weight is 332 g/mol. The summed E-state index contributed by atoms with van der Waals surface area (Å²) in [5.41, 5.74) is 2.56. The summed E-state index contributed by atoms with van der Waals surface area (Å²) in [7, 11) is 0. The minimum Gasteiger partial charge on any atom is -0.386 e. The number of para-hydroxylation sites is 1. The molecular weight excluding hydrogens is 312 g/mol. The summed E-state index contributed by atoms with van der Waals surface area (Å²) in [5.74, 6) is -1.50. The molecular formula is C17H20N2O3S. The van der Waals surface area contributed by atoms with Gasteiger partial charge in [-0.05, 0) is 42.0 Å². The van der Waals surface area contributed by atoms with Crippen LogP contribution in [0.4, 0.5) is 5.69 Å². The van der Waals surface area contributed by atoms with Crippen LogP contribution in [0.15, 0.2) is 35.7 Å². The summed E-state index contributed by atoms with van der Waals surface area (Å²) in [5, 5.41) is 17.0. The van der Waals surface area contributed by atoms with Gasteiger partial charge in [0.25, 0.3) is 0 Å². The summed E-state index contributed by atoms with van der Waals surface area (Å²) in [6.45, 7) is 3.87. The summed E-state index contributed by atoms with van der Waals surface area (Å²) in [4.78, 5) is 24.6. The van der Waals surface area contributed by atoms with Crippen LogP contribution in [0.25, 0.3) is 0 Å². The smallest absolute Gasteiger partial charge is 0.313 e. The molecule has 2 aromatic rings. The maximum absolute atomic E-state index is 11.9. The highest BCUT2D eigenvalue weighted by atomic mass is 32.1. The van der Waals surface area contributed by atoms with Crippen LogP contribution < -0.4 is 10.6 Å². The second-order valence-electron chi connectivity index (χ2n) is 5.16. The van der Waals surface area contributed by atoms with Crippen molar-refractivity contribution in [1.82, 2.24) is 5.32 Å². The van der Waals surface area contributed by atoms with Crippen LogP contribution in [0.3, 0.4) is 0 Å². The predicted octanol–water partition coefficient (Wildman–Crippen LogP) is 2.41. The number of benzene rings is 1. The van der Waals surface area contributed by atoms with Crippen LogP contribution in [-0.2, 0) is 16.0 Å². The highest BCUT2D eigenvalue weighted by Crippen LogP contribution is 2.23. The van der Waals surface area contributed by atoms with Gasteiger partial charge in [-0.1, -0.05) is 25.1 Å². The molecule has 3 N–H and O–H groups in total. The van der Waals surface area contributed by atoms with Crippen LogP contribution in [0.2, 0.25) is 0 Å². The number of nitrogens with one attached hydrogen (secondary N) is 2. The summed E-state index contributed by atoms with van der Waals surface area (Å²) in [6, 6.07) is 9.24. The van der Waals surface area contributed by atoms with E-state index in [0.29, 0.717) is 5.69 Å². The standard InChI is InChI=1S/C17H20N2O3S/c1-3-12-6-4-5-7-13(12)19-17(22)16(21)18-10-14(20)15-11(2)8-9-23-15/h4-9,14,20H,3,10H2,1-2H3,(H,18,21)(H,19,22). The van der Waals surface area contributed by atoms with Crippen molar-refractivity contribution in [3.05, 3.63) is 51.7 Å². The normalized spacial score (nSPS) is 11.8. The van der Waals surface area contributed by atoms with Crippen molar-refractivity contribution in [3.63, 3.8) is 0 Å². The summed E-state index contributed by atoms with van der Waals surface area (Å²) >= 11 is 1.42. The number of amides is 2. The Labute approximate surface area is 139 Å². The molecule has 0 aliphatic carbocycles. The van der Waals surface area contributed by atoms with Crippen molar-refractivity contribution in [3.8, 4) is 0 Å². The van der Waals surface area contributed by atoms with E-state index in [0.717, 1.165) is 22.4 Å². The lowest BCUT2D eigenvalue weighted by molar-refractivity contribution is -0.136. The molecule has 0 fully saturated rings. The van der Waals surface area contributed by atoms with E-state index >= 15 is 0 Å². The van der Waals surface area contributed by atoms with Crippen molar-refractivity contribution in [1.29, 1.82) is 0 Å². The largest absolute Gasteiger partial charge is 0.386 e. The Morgan fingerprint density at radius 3 is 2.61 bits per heavy atom. The van der Waals surface area contributed by atoms with E-state index in [1.54, 1.807) is 12.1 Å². The molecule has 1 aromatic carbocycles. The van der Waals surface area contributed by atoms with Gasteiger partial charge in [-0.3, -0.25) is 9.59 Å². The Balaban J connectivity index is 1.90. The molecule has 0 bridgehead atoms. The van der Waals surface area contributed by atoms with Crippen molar-refractivity contribution in [2.45, 2.75) is 26.4 Å². The minimum absolute atomic E-state index is 0.00301. The van der Waals surface area contributed by atoms with Gasteiger partial charge in [0.15, 0.2) is 0 Å². The van der Waals surface area contributed by atoms with Gasteiger partial charge in [0, 0.05) is 17.1 Å². The number of hydrogen-bond acceptors (Lipinski definition) is 4. The molecule has 1 unspecified atom stereocenters. The molecule has 0 saturated heterocycles. The molecule has 0 aliphatic heterocycles. The van der Waals surface area contributed by atoms with E-state index in [-0.39, 0.29) is 6.54 Å². The Morgan fingerprint density at radius 1 is 1.22 bits per heavy atom. The second kappa shape index (κ2) is 7.89. The third-order valence-electron chi connectivity index (χ3n) is 3.51. The molecule has 2 amide bonds. The lowest BCUT2D eigenvalue weighted by Gasteiger charge is -2.12. The zero-order chi connectivity index (χ0) is 16.8. The zero-order valence-electron chi connectivity index (χ0n) is 13.1. The van der Waals surface area contributed by atoms with Crippen LogP contribution >= 0.6 is 11.3 Å². The third-order valence-corrected chi connectivity index (χ3v) is 4.63. The number of aryl methyl sites for hydroxylation is 2. The van der Waals surface area contributed by atoms with E-state index in [4.69, 9.17) is 0 Å². The fourth-order valence-electron chi connectivity index (χ4n) is 2.22. The number of thiophene rings is 1. The molecule has 1 aromatic heterocycles. The fraction of sp³-hybridized carbons (Fsp3) is 0.294. The molecule has 23 heavy (non-hydrogen) atoms. The highest BCUT2D eigenvalue weighted by molar-refractivity contribution is 7.10. The van der Waals surface area contributed by atoms with Crippen molar-refractivity contribution in [2.24, 2.45) is 0 Å². The number of carbonyl (C=O) groups excluding carboxylic acids is 2.